The van der Waals surface area contributed by atoms with Crippen LogP contribution in [0.25, 0.3) is 0 Å². The second kappa shape index (κ2) is 7.32. The number of halogens is 1. The molecule has 1 aromatic carbocycles. The Kier molecular flexibility index (Phi) is 5.65. The summed E-state index contributed by atoms with van der Waals surface area (Å²) in [7, 11) is 0. The molecule has 5 nitrogen and oxygen atoms in total. The average Bonchev–Trinajstić information content (AvgIpc) is 2.95. The highest BCUT2D eigenvalue weighted by Gasteiger charge is 2.33. The van der Waals surface area contributed by atoms with Crippen molar-refractivity contribution < 1.29 is 14.7 Å². The lowest BCUT2D eigenvalue weighted by molar-refractivity contribution is -0.141. The smallest absolute Gasteiger partial charge is 0.307 e. The maximum Gasteiger partial charge on any atom is 0.307 e. The number of hydrogen-bond acceptors (Lipinski definition) is 3. The van der Waals surface area contributed by atoms with E-state index in [0.29, 0.717) is 26.1 Å². The maximum atomic E-state index is 12.7. The molecule has 1 N–H and O–H groups in total. The summed E-state index contributed by atoms with van der Waals surface area (Å²) in [5, 5.41) is 9.06. The zero-order chi connectivity index (χ0) is 15.7. The molecule has 6 heteroatoms. The topological polar surface area (TPSA) is 60.9 Å². The van der Waals surface area contributed by atoms with E-state index in [1.165, 1.54) is 5.56 Å². The van der Waals surface area contributed by atoms with Gasteiger partial charge in [-0.15, -0.1) is 12.4 Å². The van der Waals surface area contributed by atoms with Gasteiger partial charge in [0.05, 0.1) is 12.5 Å². The number of carboxylic acids is 1. The van der Waals surface area contributed by atoms with Crippen LogP contribution in [0, 0.1) is 5.92 Å². The van der Waals surface area contributed by atoms with Gasteiger partial charge in [-0.25, -0.2) is 0 Å². The van der Waals surface area contributed by atoms with Crippen LogP contribution in [0.3, 0.4) is 0 Å². The molecule has 2 heterocycles. The molecular weight excluding hydrogens is 316 g/mol. The maximum absolute atomic E-state index is 12.7. The normalized spacial score (nSPS) is 24.0. The fraction of sp³-hybridized carbons (Fsp3) is 0.529. The zero-order valence-corrected chi connectivity index (χ0v) is 14.1. The Hall–Kier alpha value is -1.59. The summed E-state index contributed by atoms with van der Waals surface area (Å²) in [5.74, 6) is -1.02. The number of amides is 1. The Morgan fingerprint density at radius 3 is 2.70 bits per heavy atom. The van der Waals surface area contributed by atoms with Gasteiger partial charge in [0.2, 0.25) is 5.91 Å². The third-order valence-corrected chi connectivity index (χ3v) is 4.77. The van der Waals surface area contributed by atoms with E-state index < -0.39 is 5.97 Å². The second-order valence-corrected chi connectivity index (χ2v) is 6.34. The van der Waals surface area contributed by atoms with Gasteiger partial charge in [-0.3, -0.25) is 14.5 Å². The summed E-state index contributed by atoms with van der Waals surface area (Å²) in [4.78, 5) is 27.6. The Bertz CT molecular complexity index is 593. The lowest BCUT2D eigenvalue weighted by Gasteiger charge is -2.36. The molecule has 2 atom stereocenters. The first-order valence-corrected chi connectivity index (χ1v) is 7.91. The number of aryl methyl sites for hydroxylation is 1. The molecule has 2 unspecified atom stereocenters. The van der Waals surface area contributed by atoms with E-state index in [9.17, 15) is 9.59 Å². The number of carbonyl (C=O) groups is 2. The molecule has 23 heavy (non-hydrogen) atoms. The van der Waals surface area contributed by atoms with Gasteiger partial charge < -0.3 is 10.0 Å². The van der Waals surface area contributed by atoms with Gasteiger partial charge in [-0.1, -0.05) is 18.2 Å². The van der Waals surface area contributed by atoms with Crippen LogP contribution < -0.4 is 4.90 Å². The Labute approximate surface area is 142 Å². The van der Waals surface area contributed by atoms with E-state index in [1.54, 1.807) is 0 Å². The minimum atomic E-state index is -0.758. The summed E-state index contributed by atoms with van der Waals surface area (Å²) in [6.45, 7) is 3.55. The van der Waals surface area contributed by atoms with E-state index in [-0.39, 0.29) is 30.3 Å². The summed E-state index contributed by atoms with van der Waals surface area (Å²) in [6, 6.07) is 8.26. The molecule has 0 saturated carbocycles. The predicted octanol–water partition coefficient (Wildman–Crippen LogP) is 2.18. The second-order valence-electron chi connectivity index (χ2n) is 6.34. The van der Waals surface area contributed by atoms with Gasteiger partial charge in [0.25, 0.3) is 0 Å². The van der Waals surface area contributed by atoms with Crippen molar-refractivity contribution in [2.24, 2.45) is 5.92 Å². The molecule has 0 aliphatic carbocycles. The molecule has 1 aromatic rings. The zero-order valence-electron chi connectivity index (χ0n) is 13.3. The molecule has 1 fully saturated rings. The number of aliphatic carboxylic acids is 1. The van der Waals surface area contributed by atoms with Crippen LogP contribution in [0.5, 0.6) is 0 Å². The molecule has 1 amide bonds. The number of fused-ring (bicyclic) bond motifs is 1. The van der Waals surface area contributed by atoms with Crippen molar-refractivity contribution in [3.8, 4) is 0 Å². The van der Waals surface area contributed by atoms with Gasteiger partial charge in [-0.05, 0) is 44.4 Å². The minimum Gasteiger partial charge on any atom is -0.481 e. The van der Waals surface area contributed by atoms with Crippen molar-refractivity contribution in [1.82, 2.24) is 4.90 Å². The number of benzene rings is 1. The van der Waals surface area contributed by atoms with Gasteiger partial charge in [0.1, 0.15) is 0 Å². The molecule has 0 radical (unpaired) electrons. The number of hydrogen-bond donors (Lipinski definition) is 1. The summed E-state index contributed by atoms with van der Waals surface area (Å²) < 4.78 is 0. The van der Waals surface area contributed by atoms with Crippen molar-refractivity contribution in [3.05, 3.63) is 29.8 Å². The van der Waals surface area contributed by atoms with E-state index in [0.717, 1.165) is 18.5 Å². The van der Waals surface area contributed by atoms with Crippen LogP contribution >= 0.6 is 12.4 Å². The monoisotopic (exact) mass is 338 g/mol. The molecule has 0 bridgehead atoms. The molecule has 0 aromatic heterocycles. The quantitative estimate of drug-likeness (QED) is 0.917. The first kappa shape index (κ1) is 17.8. The first-order chi connectivity index (χ1) is 10.6. The molecular formula is C17H23ClN2O3. The number of para-hydroxylation sites is 1. The fourth-order valence-electron chi connectivity index (χ4n) is 3.51. The fourth-order valence-corrected chi connectivity index (χ4v) is 3.51. The predicted molar refractivity (Wildman–Crippen MR) is 91.1 cm³/mol. The molecule has 3 rings (SSSR count). The number of rotatable bonds is 3. The third kappa shape index (κ3) is 3.67. The first-order valence-electron chi connectivity index (χ1n) is 7.91. The van der Waals surface area contributed by atoms with Crippen LogP contribution in [0.4, 0.5) is 5.69 Å². The Morgan fingerprint density at radius 2 is 2.00 bits per heavy atom. The highest BCUT2D eigenvalue weighted by molar-refractivity contribution is 5.96. The van der Waals surface area contributed by atoms with Crippen molar-refractivity contribution in [2.75, 3.05) is 24.5 Å². The lowest BCUT2D eigenvalue weighted by Crippen LogP contribution is -2.46. The molecule has 1 saturated heterocycles. The molecule has 0 spiro atoms. The van der Waals surface area contributed by atoms with Gasteiger partial charge >= 0.3 is 5.97 Å². The minimum absolute atomic E-state index is 0. The van der Waals surface area contributed by atoms with Crippen molar-refractivity contribution >= 4 is 30.0 Å². The number of anilines is 1. The van der Waals surface area contributed by atoms with Crippen molar-refractivity contribution in [1.29, 1.82) is 0 Å². The van der Waals surface area contributed by atoms with Gasteiger partial charge in [-0.2, -0.15) is 0 Å². The van der Waals surface area contributed by atoms with Crippen molar-refractivity contribution in [2.45, 2.75) is 32.2 Å². The van der Waals surface area contributed by atoms with Gasteiger partial charge in [0, 0.05) is 18.3 Å². The van der Waals surface area contributed by atoms with E-state index in [4.69, 9.17) is 5.11 Å². The third-order valence-electron chi connectivity index (χ3n) is 4.77. The van der Waals surface area contributed by atoms with Crippen LogP contribution in [0.2, 0.25) is 0 Å². The number of likely N-dealkylation sites (tertiary alicyclic amines) is 1. The molecule has 126 valence electrons. The Morgan fingerprint density at radius 1 is 1.26 bits per heavy atom. The van der Waals surface area contributed by atoms with Crippen molar-refractivity contribution in [3.63, 3.8) is 0 Å². The van der Waals surface area contributed by atoms with Crippen LogP contribution in [0.1, 0.15) is 25.3 Å². The summed E-state index contributed by atoms with van der Waals surface area (Å²) in [6.07, 6.45) is 2.61. The number of nitrogens with zero attached hydrogens (tertiary/aromatic N) is 2. The number of carbonyl (C=O) groups excluding carboxylic acids is 1. The summed E-state index contributed by atoms with van der Waals surface area (Å²) >= 11 is 0. The standard InChI is InChI=1S/C17H22N2O3.ClH/c1-12-6-7-13-4-2-3-5-15(13)19(12)16(20)11-18-9-8-14(10-18)17(21)22;/h2-5,12,14H,6-11H2,1H3,(H,21,22);1H. The van der Waals surface area contributed by atoms with Crippen LogP contribution in [0.15, 0.2) is 24.3 Å². The van der Waals surface area contributed by atoms with E-state index >= 15 is 0 Å². The Balaban J connectivity index is 0.00000192. The SMILES string of the molecule is CC1CCc2ccccc2N1C(=O)CN1CCC(C(=O)O)C1.Cl. The highest BCUT2D eigenvalue weighted by atomic mass is 35.5. The van der Waals surface area contributed by atoms with E-state index in [2.05, 4.69) is 13.0 Å². The van der Waals surface area contributed by atoms with E-state index in [1.807, 2.05) is 28.0 Å². The average molecular weight is 339 g/mol. The molecule has 2 aliphatic heterocycles. The number of carboxylic acid groups (broad SMARTS) is 1. The highest BCUT2D eigenvalue weighted by Crippen LogP contribution is 2.30. The molecule has 2 aliphatic rings. The largest absolute Gasteiger partial charge is 0.481 e. The van der Waals surface area contributed by atoms with Gasteiger partial charge in [0.15, 0.2) is 0 Å². The lowest BCUT2D eigenvalue weighted by atomic mass is 9.96. The van der Waals surface area contributed by atoms with Crippen LogP contribution in [-0.4, -0.2) is 47.6 Å². The summed E-state index contributed by atoms with van der Waals surface area (Å²) in [5.41, 5.74) is 2.24. The van der Waals surface area contributed by atoms with Crippen LogP contribution in [-0.2, 0) is 16.0 Å².